The molecule has 0 unspecified atom stereocenters. The van der Waals surface area contributed by atoms with Gasteiger partial charge in [-0.25, -0.2) is 4.79 Å². The summed E-state index contributed by atoms with van der Waals surface area (Å²) in [5.41, 5.74) is 3.09. The first-order chi connectivity index (χ1) is 11.7. The van der Waals surface area contributed by atoms with Crippen molar-refractivity contribution >= 4 is 29.2 Å². The van der Waals surface area contributed by atoms with Crippen LogP contribution < -0.4 is 10.6 Å². The van der Waals surface area contributed by atoms with Gasteiger partial charge in [-0.15, -0.1) is 0 Å². The zero-order chi connectivity index (χ0) is 16.8. The molecule has 24 heavy (non-hydrogen) atoms. The molecule has 0 bridgehead atoms. The maximum Gasteiger partial charge on any atom is 0.317 e. The standard InChI is InChI=1S/C18H22N4OS/c1-22(17-8-11-24-13-17)18(23)20-12-14-2-4-15(5-3-14)21-16-6-9-19-10-7-16/h2-7,9-10,17H,8,11-13H2,1H3,(H,19,21)(H,20,23)/t17-/m1/s1. The van der Waals surface area contributed by atoms with E-state index in [-0.39, 0.29) is 6.03 Å². The fourth-order valence-electron chi connectivity index (χ4n) is 2.60. The van der Waals surface area contributed by atoms with Gasteiger partial charge in [-0.2, -0.15) is 11.8 Å². The van der Waals surface area contributed by atoms with E-state index in [0.29, 0.717) is 12.6 Å². The summed E-state index contributed by atoms with van der Waals surface area (Å²) in [6.07, 6.45) is 4.60. The van der Waals surface area contributed by atoms with Crippen LogP contribution in [-0.2, 0) is 6.54 Å². The van der Waals surface area contributed by atoms with Crippen LogP contribution in [0.4, 0.5) is 16.2 Å². The summed E-state index contributed by atoms with van der Waals surface area (Å²) in [7, 11) is 1.88. The number of urea groups is 1. The van der Waals surface area contributed by atoms with Crippen LogP contribution in [0.2, 0.25) is 0 Å². The van der Waals surface area contributed by atoms with Crippen molar-refractivity contribution in [2.75, 3.05) is 23.9 Å². The molecule has 1 atom stereocenters. The highest BCUT2D eigenvalue weighted by Gasteiger charge is 2.23. The Labute approximate surface area is 146 Å². The molecule has 1 fully saturated rings. The van der Waals surface area contributed by atoms with Gasteiger partial charge in [0.2, 0.25) is 0 Å². The third kappa shape index (κ3) is 4.41. The molecule has 1 saturated heterocycles. The molecule has 126 valence electrons. The minimum Gasteiger partial charge on any atom is -0.355 e. The normalized spacial score (nSPS) is 16.6. The van der Waals surface area contributed by atoms with E-state index >= 15 is 0 Å². The molecule has 1 aliphatic heterocycles. The number of thioether (sulfide) groups is 1. The second-order valence-electron chi connectivity index (χ2n) is 5.84. The molecule has 1 aromatic heterocycles. The van der Waals surface area contributed by atoms with Crippen LogP contribution >= 0.6 is 11.8 Å². The lowest BCUT2D eigenvalue weighted by molar-refractivity contribution is 0.195. The average Bonchev–Trinajstić information content (AvgIpc) is 3.16. The first-order valence-electron chi connectivity index (χ1n) is 8.07. The molecule has 6 heteroatoms. The van der Waals surface area contributed by atoms with Crippen molar-refractivity contribution in [3.05, 3.63) is 54.4 Å². The van der Waals surface area contributed by atoms with E-state index < -0.39 is 0 Å². The lowest BCUT2D eigenvalue weighted by Gasteiger charge is -2.24. The highest BCUT2D eigenvalue weighted by atomic mass is 32.2. The SMILES string of the molecule is CN(C(=O)NCc1ccc(Nc2ccncc2)cc1)[C@@H]1CCSC1. The Kier molecular flexibility index (Phi) is 5.59. The van der Waals surface area contributed by atoms with Crippen molar-refractivity contribution in [2.24, 2.45) is 0 Å². The average molecular weight is 342 g/mol. The number of carbonyl (C=O) groups excluding carboxylic acids is 1. The molecule has 0 saturated carbocycles. The summed E-state index contributed by atoms with van der Waals surface area (Å²) in [6, 6.07) is 12.3. The Hall–Kier alpha value is -2.21. The number of pyridine rings is 1. The first kappa shape index (κ1) is 16.6. The predicted octanol–water partition coefficient (Wildman–Crippen LogP) is 3.47. The van der Waals surface area contributed by atoms with Gasteiger partial charge in [0, 0.05) is 49.2 Å². The smallest absolute Gasteiger partial charge is 0.317 e. The van der Waals surface area contributed by atoms with Crippen LogP contribution in [-0.4, -0.2) is 40.5 Å². The molecular weight excluding hydrogens is 320 g/mol. The van der Waals surface area contributed by atoms with Crippen LogP contribution in [0, 0.1) is 0 Å². The molecule has 3 rings (SSSR count). The van der Waals surface area contributed by atoms with Crippen molar-refractivity contribution in [3.63, 3.8) is 0 Å². The van der Waals surface area contributed by atoms with E-state index in [1.807, 2.05) is 60.1 Å². The summed E-state index contributed by atoms with van der Waals surface area (Å²) in [4.78, 5) is 18.0. The molecule has 2 aromatic rings. The van der Waals surface area contributed by atoms with E-state index in [1.54, 1.807) is 12.4 Å². The minimum absolute atomic E-state index is 0.00138. The Balaban J connectivity index is 1.50. The Morgan fingerprint density at radius 2 is 1.92 bits per heavy atom. The molecule has 5 nitrogen and oxygen atoms in total. The van der Waals surface area contributed by atoms with Gasteiger partial charge >= 0.3 is 6.03 Å². The quantitative estimate of drug-likeness (QED) is 0.873. The molecule has 0 radical (unpaired) electrons. The number of aromatic nitrogens is 1. The summed E-state index contributed by atoms with van der Waals surface area (Å²) in [5, 5.41) is 6.31. The molecule has 2 heterocycles. The van der Waals surface area contributed by atoms with E-state index in [2.05, 4.69) is 15.6 Å². The number of anilines is 2. The summed E-state index contributed by atoms with van der Waals surface area (Å²) < 4.78 is 0. The number of benzene rings is 1. The first-order valence-corrected chi connectivity index (χ1v) is 9.22. The summed E-state index contributed by atoms with van der Waals surface area (Å²) in [6.45, 7) is 0.540. The number of carbonyl (C=O) groups is 1. The fraction of sp³-hybridized carbons (Fsp3) is 0.333. The van der Waals surface area contributed by atoms with Gasteiger partial charge in [0.25, 0.3) is 0 Å². The largest absolute Gasteiger partial charge is 0.355 e. The van der Waals surface area contributed by atoms with Gasteiger partial charge < -0.3 is 15.5 Å². The number of hydrogen-bond donors (Lipinski definition) is 2. The third-order valence-electron chi connectivity index (χ3n) is 4.14. The van der Waals surface area contributed by atoms with Crippen LogP contribution in [0.1, 0.15) is 12.0 Å². The van der Waals surface area contributed by atoms with Crippen molar-refractivity contribution < 1.29 is 4.79 Å². The zero-order valence-electron chi connectivity index (χ0n) is 13.7. The molecule has 2 N–H and O–H groups in total. The number of nitrogens with zero attached hydrogens (tertiary/aromatic N) is 2. The maximum atomic E-state index is 12.2. The van der Waals surface area contributed by atoms with E-state index in [0.717, 1.165) is 34.9 Å². The van der Waals surface area contributed by atoms with Gasteiger partial charge in [-0.3, -0.25) is 4.98 Å². The molecule has 2 amide bonds. The van der Waals surface area contributed by atoms with E-state index in [1.165, 1.54) is 0 Å². The molecule has 1 aliphatic rings. The van der Waals surface area contributed by atoms with Crippen molar-refractivity contribution in [2.45, 2.75) is 19.0 Å². The van der Waals surface area contributed by atoms with Crippen LogP contribution in [0.25, 0.3) is 0 Å². The fourth-order valence-corrected chi connectivity index (χ4v) is 3.87. The number of hydrogen-bond acceptors (Lipinski definition) is 4. The highest BCUT2D eigenvalue weighted by Crippen LogP contribution is 2.21. The predicted molar refractivity (Wildman–Crippen MR) is 99.7 cm³/mol. The number of amides is 2. The minimum atomic E-state index is 0.00138. The topological polar surface area (TPSA) is 57.3 Å². The van der Waals surface area contributed by atoms with Crippen molar-refractivity contribution in [1.82, 2.24) is 15.2 Å². The van der Waals surface area contributed by atoms with Crippen LogP contribution in [0.15, 0.2) is 48.8 Å². The van der Waals surface area contributed by atoms with E-state index in [4.69, 9.17) is 0 Å². The number of nitrogens with one attached hydrogen (secondary N) is 2. The van der Waals surface area contributed by atoms with Gasteiger partial charge in [0.15, 0.2) is 0 Å². The molecular formula is C18H22N4OS. The monoisotopic (exact) mass is 342 g/mol. The molecule has 0 spiro atoms. The van der Waals surface area contributed by atoms with Gasteiger partial charge in [0.1, 0.15) is 0 Å². The maximum absolute atomic E-state index is 12.2. The molecule has 0 aliphatic carbocycles. The van der Waals surface area contributed by atoms with E-state index in [9.17, 15) is 4.79 Å². The Morgan fingerprint density at radius 3 is 2.58 bits per heavy atom. The lowest BCUT2D eigenvalue weighted by Crippen LogP contribution is -2.43. The van der Waals surface area contributed by atoms with Gasteiger partial charge in [-0.05, 0) is 42.0 Å². The van der Waals surface area contributed by atoms with Crippen molar-refractivity contribution in [3.8, 4) is 0 Å². The van der Waals surface area contributed by atoms with Crippen LogP contribution in [0.5, 0.6) is 0 Å². The lowest BCUT2D eigenvalue weighted by atomic mass is 10.2. The second kappa shape index (κ2) is 8.06. The number of rotatable bonds is 5. The highest BCUT2D eigenvalue weighted by molar-refractivity contribution is 7.99. The van der Waals surface area contributed by atoms with Crippen LogP contribution in [0.3, 0.4) is 0 Å². The van der Waals surface area contributed by atoms with Gasteiger partial charge in [0.05, 0.1) is 0 Å². The Bertz CT molecular complexity index is 656. The third-order valence-corrected chi connectivity index (χ3v) is 5.29. The Morgan fingerprint density at radius 1 is 1.21 bits per heavy atom. The molecule has 1 aromatic carbocycles. The summed E-state index contributed by atoms with van der Waals surface area (Å²) >= 11 is 1.91. The van der Waals surface area contributed by atoms with Gasteiger partial charge in [-0.1, -0.05) is 12.1 Å². The zero-order valence-corrected chi connectivity index (χ0v) is 14.6. The summed E-state index contributed by atoms with van der Waals surface area (Å²) in [5.74, 6) is 2.19. The van der Waals surface area contributed by atoms with Crippen molar-refractivity contribution in [1.29, 1.82) is 0 Å². The second-order valence-corrected chi connectivity index (χ2v) is 6.99.